The quantitative estimate of drug-likeness (QED) is 0.773. The van der Waals surface area contributed by atoms with E-state index in [0.717, 1.165) is 11.4 Å². The fourth-order valence-electron chi connectivity index (χ4n) is 2.04. The Morgan fingerprint density at radius 1 is 1.26 bits per heavy atom. The number of aromatic nitrogens is 2. The molecule has 2 rings (SSSR count). The van der Waals surface area contributed by atoms with Gasteiger partial charge in [0.15, 0.2) is 0 Å². The standard InChI is InChI=1S/C15H20N4O3S/c1-16-23(21,22)13-6-3-12(4-7-13)5-8-15(20)18-11-14-17-9-10-19(14)2/h3-4,6-7,9-10,16H,5,8,11H2,1-2H3,(H,18,20). The molecule has 0 fully saturated rings. The lowest BCUT2D eigenvalue weighted by Gasteiger charge is -2.06. The van der Waals surface area contributed by atoms with Gasteiger partial charge in [0.1, 0.15) is 5.82 Å². The summed E-state index contributed by atoms with van der Waals surface area (Å²) in [5, 5.41) is 2.81. The van der Waals surface area contributed by atoms with Gasteiger partial charge in [-0.1, -0.05) is 12.1 Å². The van der Waals surface area contributed by atoms with Crippen molar-refractivity contribution in [3.8, 4) is 0 Å². The summed E-state index contributed by atoms with van der Waals surface area (Å²) in [4.78, 5) is 16.2. The minimum absolute atomic E-state index is 0.0695. The van der Waals surface area contributed by atoms with Crippen LogP contribution in [-0.4, -0.2) is 30.9 Å². The first kappa shape index (κ1) is 17.2. The number of carbonyl (C=O) groups is 1. The molecule has 23 heavy (non-hydrogen) atoms. The maximum atomic E-state index is 11.8. The van der Waals surface area contributed by atoms with Gasteiger partial charge >= 0.3 is 0 Å². The highest BCUT2D eigenvalue weighted by Crippen LogP contribution is 2.11. The molecule has 0 bridgehead atoms. The number of imidazole rings is 1. The summed E-state index contributed by atoms with van der Waals surface area (Å²) in [6.45, 7) is 0.391. The Morgan fingerprint density at radius 3 is 2.52 bits per heavy atom. The van der Waals surface area contributed by atoms with Crippen LogP contribution in [-0.2, 0) is 34.8 Å². The van der Waals surface area contributed by atoms with Crippen molar-refractivity contribution < 1.29 is 13.2 Å². The van der Waals surface area contributed by atoms with E-state index >= 15 is 0 Å². The summed E-state index contributed by atoms with van der Waals surface area (Å²) < 4.78 is 27.4. The lowest BCUT2D eigenvalue weighted by Crippen LogP contribution is -2.24. The third-order valence-electron chi connectivity index (χ3n) is 3.51. The van der Waals surface area contributed by atoms with Crippen molar-refractivity contribution >= 4 is 15.9 Å². The minimum atomic E-state index is -3.42. The van der Waals surface area contributed by atoms with Crippen molar-refractivity contribution in [2.75, 3.05) is 7.05 Å². The number of amides is 1. The Labute approximate surface area is 135 Å². The van der Waals surface area contributed by atoms with Crippen LogP contribution in [0.15, 0.2) is 41.6 Å². The summed E-state index contributed by atoms with van der Waals surface area (Å²) in [6.07, 6.45) is 4.39. The smallest absolute Gasteiger partial charge is 0.240 e. The summed E-state index contributed by atoms with van der Waals surface area (Å²) in [7, 11) is -0.182. The fraction of sp³-hybridized carbons (Fsp3) is 0.333. The predicted octanol–water partition coefficient (Wildman–Crippen LogP) is 0.577. The van der Waals surface area contributed by atoms with Crippen LogP contribution in [0.4, 0.5) is 0 Å². The molecule has 1 heterocycles. The van der Waals surface area contributed by atoms with Gasteiger partial charge in [0.2, 0.25) is 15.9 Å². The van der Waals surface area contributed by atoms with E-state index < -0.39 is 10.0 Å². The molecule has 1 aromatic heterocycles. The first-order chi connectivity index (χ1) is 10.9. The van der Waals surface area contributed by atoms with Crippen LogP contribution in [0.1, 0.15) is 17.8 Å². The van der Waals surface area contributed by atoms with E-state index in [4.69, 9.17) is 0 Å². The molecule has 2 aromatic rings. The number of nitrogens with one attached hydrogen (secondary N) is 2. The molecular formula is C15H20N4O3S. The average molecular weight is 336 g/mol. The number of rotatable bonds is 7. The molecule has 1 amide bonds. The molecule has 0 atom stereocenters. The van der Waals surface area contributed by atoms with Crippen LogP contribution in [0.2, 0.25) is 0 Å². The Morgan fingerprint density at radius 2 is 1.96 bits per heavy atom. The van der Waals surface area contributed by atoms with Crippen molar-refractivity contribution in [2.24, 2.45) is 7.05 Å². The molecule has 0 unspecified atom stereocenters. The zero-order valence-electron chi connectivity index (χ0n) is 13.1. The maximum Gasteiger partial charge on any atom is 0.240 e. The van der Waals surface area contributed by atoms with Gasteiger partial charge in [-0.15, -0.1) is 0 Å². The lowest BCUT2D eigenvalue weighted by molar-refractivity contribution is -0.121. The Hall–Kier alpha value is -2.19. The third kappa shape index (κ3) is 4.64. The van der Waals surface area contributed by atoms with Gasteiger partial charge in [0, 0.05) is 25.9 Å². The molecule has 0 saturated heterocycles. The number of benzene rings is 1. The molecule has 8 heteroatoms. The first-order valence-electron chi connectivity index (χ1n) is 7.18. The highest BCUT2D eigenvalue weighted by molar-refractivity contribution is 7.89. The molecule has 0 saturated carbocycles. The van der Waals surface area contributed by atoms with E-state index in [9.17, 15) is 13.2 Å². The van der Waals surface area contributed by atoms with E-state index in [-0.39, 0.29) is 10.8 Å². The van der Waals surface area contributed by atoms with Gasteiger partial charge in [0.25, 0.3) is 0 Å². The van der Waals surface area contributed by atoms with E-state index in [1.165, 1.54) is 19.2 Å². The van der Waals surface area contributed by atoms with E-state index in [2.05, 4.69) is 15.0 Å². The summed E-state index contributed by atoms with van der Waals surface area (Å²) in [5.41, 5.74) is 0.909. The normalized spacial score (nSPS) is 11.4. The molecule has 0 aliphatic heterocycles. The average Bonchev–Trinajstić information content (AvgIpc) is 2.96. The molecule has 124 valence electrons. The number of sulfonamides is 1. The molecular weight excluding hydrogens is 316 g/mol. The van der Waals surface area contributed by atoms with Crippen LogP contribution in [0.5, 0.6) is 0 Å². The van der Waals surface area contributed by atoms with E-state index in [1.807, 2.05) is 17.8 Å². The van der Waals surface area contributed by atoms with Crippen molar-refractivity contribution in [1.29, 1.82) is 0 Å². The fourth-order valence-corrected chi connectivity index (χ4v) is 2.77. The van der Waals surface area contributed by atoms with Gasteiger partial charge in [-0.2, -0.15) is 0 Å². The SMILES string of the molecule is CNS(=O)(=O)c1ccc(CCC(=O)NCc2nccn2C)cc1. The molecule has 0 radical (unpaired) electrons. The van der Waals surface area contributed by atoms with E-state index in [0.29, 0.717) is 19.4 Å². The van der Waals surface area contributed by atoms with Gasteiger partial charge < -0.3 is 9.88 Å². The molecule has 0 aliphatic carbocycles. The zero-order chi connectivity index (χ0) is 16.9. The van der Waals surface area contributed by atoms with Crippen molar-refractivity contribution in [3.63, 3.8) is 0 Å². The number of carbonyl (C=O) groups excluding carboxylic acids is 1. The number of hydrogen-bond donors (Lipinski definition) is 2. The molecule has 0 spiro atoms. The van der Waals surface area contributed by atoms with Crippen LogP contribution in [0, 0.1) is 0 Å². The second kappa shape index (κ2) is 7.38. The molecule has 2 N–H and O–H groups in total. The maximum absolute atomic E-state index is 11.8. The third-order valence-corrected chi connectivity index (χ3v) is 4.94. The van der Waals surface area contributed by atoms with Crippen molar-refractivity contribution in [1.82, 2.24) is 19.6 Å². The highest BCUT2D eigenvalue weighted by Gasteiger charge is 2.11. The number of hydrogen-bond acceptors (Lipinski definition) is 4. The van der Waals surface area contributed by atoms with Gasteiger partial charge in [-0.25, -0.2) is 18.1 Å². The monoisotopic (exact) mass is 336 g/mol. The summed E-state index contributed by atoms with van der Waals surface area (Å²) in [6, 6.07) is 6.51. The number of nitrogens with zero attached hydrogens (tertiary/aromatic N) is 2. The summed E-state index contributed by atoms with van der Waals surface area (Å²) in [5.74, 6) is 0.722. The minimum Gasteiger partial charge on any atom is -0.349 e. The Bertz CT molecular complexity index is 766. The lowest BCUT2D eigenvalue weighted by atomic mass is 10.1. The van der Waals surface area contributed by atoms with Gasteiger partial charge in [-0.05, 0) is 31.2 Å². The Kier molecular flexibility index (Phi) is 5.51. The largest absolute Gasteiger partial charge is 0.349 e. The zero-order valence-corrected chi connectivity index (χ0v) is 13.9. The predicted molar refractivity (Wildman–Crippen MR) is 86.1 cm³/mol. The molecule has 0 aliphatic rings. The van der Waals surface area contributed by atoms with Crippen LogP contribution in [0.25, 0.3) is 0 Å². The van der Waals surface area contributed by atoms with Crippen LogP contribution in [0.3, 0.4) is 0 Å². The molecule has 1 aromatic carbocycles. The van der Waals surface area contributed by atoms with Gasteiger partial charge in [-0.3, -0.25) is 4.79 Å². The van der Waals surface area contributed by atoms with Crippen LogP contribution < -0.4 is 10.0 Å². The molecule has 7 nitrogen and oxygen atoms in total. The number of aryl methyl sites for hydroxylation is 2. The second-order valence-corrected chi connectivity index (χ2v) is 6.97. The Balaban J connectivity index is 1.83. The van der Waals surface area contributed by atoms with E-state index in [1.54, 1.807) is 18.3 Å². The second-order valence-electron chi connectivity index (χ2n) is 5.08. The van der Waals surface area contributed by atoms with Crippen molar-refractivity contribution in [3.05, 3.63) is 48.0 Å². The topological polar surface area (TPSA) is 93.1 Å². The summed E-state index contributed by atoms with van der Waals surface area (Å²) >= 11 is 0. The van der Waals surface area contributed by atoms with Crippen LogP contribution >= 0.6 is 0 Å². The van der Waals surface area contributed by atoms with Gasteiger partial charge in [0.05, 0.1) is 11.4 Å². The first-order valence-corrected chi connectivity index (χ1v) is 8.66. The van der Waals surface area contributed by atoms with Crippen molar-refractivity contribution in [2.45, 2.75) is 24.3 Å². The highest BCUT2D eigenvalue weighted by atomic mass is 32.2.